The SMILES string of the molecule is CNC(=O)N(C)Cc1cccc(C#CCN)c1. The minimum absolute atomic E-state index is 0.108. The van der Waals surface area contributed by atoms with E-state index >= 15 is 0 Å². The summed E-state index contributed by atoms with van der Waals surface area (Å²) in [5.41, 5.74) is 7.27. The lowest BCUT2D eigenvalue weighted by molar-refractivity contribution is 0.209. The maximum Gasteiger partial charge on any atom is 0.317 e. The Labute approximate surface area is 102 Å². The van der Waals surface area contributed by atoms with Crippen LogP contribution in [0.1, 0.15) is 11.1 Å². The van der Waals surface area contributed by atoms with Gasteiger partial charge in [0, 0.05) is 26.2 Å². The van der Waals surface area contributed by atoms with E-state index in [0.717, 1.165) is 11.1 Å². The molecule has 0 radical (unpaired) electrons. The van der Waals surface area contributed by atoms with Crippen LogP contribution in [0.2, 0.25) is 0 Å². The maximum atomic E-state index is 11.3. The fourth-order valence-corrected chi connectivity index (χ4v) is 1.44. The number of nitrogens with one attached hydrogen (secondary N) is 1. The van der Waals surface area contributed by atoms with Crippen molar-refractivity contribution in [3.63, 3.8) is 0 Å². The van der Waals surface area contributed by atoms with Gasteiger partial charge in [-0.15, -0.1) is 0 Å². The Morgan fingerprint density at radius 2 is 2.29 bits per heavy atom. The molecule has 1 aromatic rings. The zero-order chi connectivity index (χ0) is 12.7. The number of carbonyl (C=O) groups is 1. The number of benzene rings is 1. The van der Waals surface area contributed by atoms with Crippen molar-refractivity contribution in [1.29, 1.82) is 0 Å². The molecule has 1 aromatic carbocycles. The van der Waals surface area contributed by atoms with Gasteiger partial charge in [0.25, 0.3) is 0 Å². The van der Waals surface area contributed by atoms with Crippen LogP contribution in [-0.4, -0.2) is 31.6 Å². The summed E-state index contributed by atoms with van der Waals surface area (Å²) < 4.78 is 0. The van der Waals surface area contributed by atoms with Crippen molar-refractivity contribution in [3.05, 3.63) is 35.4 Å². The van der Waals surface area contributed by atoms with Crippen LogP contribution in [0.3, 0.4) is 0 Å². The van der Waals surface area contributed by atoms with Gasteiger partial charge in [-0.25, -0.2) is 4.79 Å². The van der Waals surface area contributed by atoms with E-state index in [-0.39, 0.29) is 6.03 Å². The number of nitrogens with zero attached hydrogens (tertiary/aromatic N) is 1. The molecular formula is C13H17N3O. The molecule has 0 aromatic heterocycles. The molecule has 0 fully saturated rings. The van der Waals surface area contributed by atoms with Crippen molar-refractivity contribution in [2.24, 2.45) is 5.73 Å². The van der Waals surface area contributed by atoms with Crippen molar-refractivity contribution in [1.82, 2.24) is 10.2 Å². The summed E-state index contributed by atoms with van der Waals surface area (Å²) in [5.74, 6) is 5.77. The van der Waals surface area contributed by atoms with Crippen molar-refractivity contribution in [2.75, 3.05) is 20.6 Å². The van der Waals surface area contributed by atoms with Gasteiger partial charge in [-0.2, -0.15) is 0 Å². The number of urea groups is 1. The monoisotopic (exact) mass is 231 g/mol. The van der Waals surface area contributed by atoms with Crippen molar-refractivity contribution >= 4 is 6.03 Å². The van der Waals surface area contributed by atoms with Gasteiger partial charge in [-0.3, -0.25) is 0 Å². The molecule has 0 saturated heterocycles. The van der Waals surface area contributed by atoms with E-state index < -0.39 is 0 Å². The van der Waals surface area contributed by atoms with Gasteiger partial charge in [0.2, 0.25) is 0 Å². The average Bonchev–Trinajstić information content (AvgIpc) is 2.35. The van der Waals surface area contributed by atoms with Crippen LogP contribution in [0.5, 0.6) is 0 Å². The van der Waals surface area contributed by atoms with Crippen molar-refractivity contribution < 1.29 is 4.79 Å². The first kappa shape index (κ1) is 13.1. The lowest BCUT2D eigenvalue weighted by atomic mass is 10.1. The van der Waals surface area contributed by atoms with Crippen LogP contribution in [-0.2, 0) is 6.54 Å². The lowest BCUT2D eigenvalue weighted by Crippen LogP contribution is -2.34. The van der Waals surface area contributed by atoms with Gasteiger partial charge in [0.1, 0.15) is 0 Å². The summed E-state index contributed by atoms with van der Waals surface area (Å²) in [6.07, 6.45) is 0. The largest absolute Gasteiger partial charge is 0.341 e. The molecule has 90 valence electrons. The summed E-state index contributed by atoms with van der Waals surface area (Å²) in [4.78, 5) is 13.0. The van der Waals surface area contributed by atoms with Crippen LogP contribution >= 0.6 is 0 Å². The molecule has 0 atom stereocenters. The Kier molecular flexibility index (Phi) is 5.05. The van der Waals surface area contributed by atoms with E-state index in [1.54, 1.807) is 19.0 Å². The first-order chi connectivity index (χ1) is 8.17. The maximum absolute atomic E-state index is 11.3. The minimum atomic E-state index is -0.108. The molecule has 17 heavy (non-hydrogen) atoms. The quantitative estimate of drug-likeness (QED) is 0.739. The number of rotatable bonds is 2. The third-order valence-corrected chi connectivity index (χ3v) is 2.24. The number of nitrogens with two attached hydrogens (primary N) is 1. The fourth-order valence-electron chi connectivity index (χ4n) is 1.44. The summed E-state index contributed by atoms with van der Waals surface area (Å²) in [6, 6.07) is 7.66. The van der Waals surface area contributed by atoms with E-state index in [2.05, 4.69) is 17.2 Å². The fraction of sp³-hybridized carbons (Fsp3) is 0.308. The molecule has 0 saturated carbocycles. The van der Waals surface area contributed by atoms with Crippen LogP contribution in [0.4, 0.5) is 4.79 Å². The third-order valence-electron chi connectivity index (χ3n) is 2.24. The molecule has 0 aliphatic rings. The highest BCUT2D eigenvalue weighted by atomic mass is 16.2. The first-order valence-corrected chi connectivity index (χ1v) is 5.38. The van der Waals surface area contributed by atoms with Gasteiger partial charge in [-0.1, -0.05) is 24.0 Å². The Morgan fingerprint density at radius 3 is 2.94 bits per heavy atom. The van der Waals surface area contributed by atoms with E-state index in [9.17, 15) is 4.79 Å². The standard InChI is InChI=1S/C13H17N3O/c1-15-13(17)16(2)10-12-6-3-5-11(9-12)7-4-8-14/h3,5-6,9H,8,10,14H2,1-2H3,(H,15,17). The van der Waals surface area contributed by atoms with Crippen LogP contribution in [0.25, 0.3) is 0 Å². The summed E-state index contributed by atoms with van der Waals surface area (Å²) in [7, 11) is 3.36. The summed E-state index contributed by atoms with van der Waals surface area (Å²) in [6.45, 7) is 0.903. The van der Waals surface area contributed by atoms with E-state index in [4.69, 9.17) is 5.73 Å². The molecule has 4 nitrogen and oxygen atoms in total. The van der Waals surface area contributed by atoms with Gasteiger partial charge in [-0.05, 0) is 17.7 Å². The molecule has 0 aliphatic heterocycles. The van der Waals surface area contributed by atoms with E-state index in [0.29, 0.717) is 13.1 Å². The van der Waals surface area contributed by atoms with E-state index in [1.807, 2.05) is 24.3 Å². The zero-order valence-electron chi connectivity index (χ0n) is 10.2. The number of carbonyl (C=O) groups excluding carboxylic acids is 1. The lowest BCUT2D eigenvalue weighted by Gasteiger charge is -2.16. The van der Waals surface area contributed by atoms with Gasteiger partial charge < -0.3 is 16.0 Å². The minimum Gasteiger partial charge on any atom is -0.341 e. The second kappa shape index (κ2) is 6.56. The van der Waals surface area contributed by atoms with Crippen LogP contribution < -0.4 is 11.1 Å². The number of hydrogen-bond donors (Lipinski definition) is 2. The topological polar surface area (TPSA) is 58.4 Å². The molecule has 0 aliphatic carbocycles. The molecule has 0 spiro atoms. The molecular weight excluding hydrogens is 214 g/mol. The molecule has 1 rings (SSSR count). The number of hydrogen-bond acceptors (Lipinski definition) is 2. The molecule has 0 bridgehead atoms. The molecule has 4 heteroatoms. The van der Waals surface area contributed by atoms with Gasteiger partial charge in [0.15, 0.2) is 0 Å². The van der Waals surface area contributed by atoms with Gasteiger partial charge >= 0.3 is 6.03 Å². The second-order valence-electron chi connectivity index (χ2n) is 3.62. The third kappa shape index (κ3) is 4.17. The highest BCUT2D eigenvalue weighted by Gasteiger charge is 2.06. The average molecular weight is 231 g/mol. The first-order valence-electron chi connectivity index (χ1n) is 5.38. The number of amides is 2. The van der Waals surface area contributed by atoms with Crippen LogP contribution in [0, 0.1) is 11.8 Å². The Hall–Kier alpha value is -1.99. The van der Waals surface area contributed by atoms with Crippen LogP contribution in [0.15, 0.2) is 24.3 Å². The predicted octanol–water partition coefficient (Wildman–Crippen LogP) is 0.768. The molecule has 0 heterocycles. The molecule has 2 amide bonds. The van der Waals surface area contributed by atoms with Gasteiger partial charge in [0.05, 0.1) is 6.54 Å². The Bertz CT molecular complexity index is 445. The normalized spacial score (nSPS) is 9.12. The smallest absolute Gasteiger partial charge is 0.317 e. The summed E-state index contributed by atoms with van der Waals surface area (Å²) >= 11 is 0. The van der Waals surface area contributed by atoms with E-state index in [1.165, 1.54) is 0 Å². The predicted molar refractivity (Wildman–Crippen MR) is 68.3 cm³/mol. The Balaban J connectivity index is 2.75. The second-order valence-corrected chi connectivity index (χ2v) is 3.62. The Morgan fingerprint density at radius 1 is 1.53 bits per heavy atom. The highest BCUT2D eigenvalue weighted by Crippen LogP contribution is 2.06. The zero-order valence-corrected chi connectivity index (χ0v) is 10.2. The summed E-state index contributed by atoms with van der Waals surface area (Å²) in [5, 5.41) is 2.58. The molecule has 0 unspecified atom stereocenters. The molecule has 3 N–H and O–H groups in total. The van der Waals surface area contributed by atoms with Crippen molar-refractivity contribution in [2.45, 2.75) is 6.54 Å². The van der Waals surface area contributed by atoms with Crippen molar-refractivity contribution in [3.8, 4) is 11.8 Å². The highest BCUT2D eigenvalue weighted by molar-refractivity contribution is 5.73.